The summed E-state index contributed by atoms with van der Waals surface area (Å²) in [7, 11) is 0. The van der Waals surface area contributed by atoms with Crippen molar-refractivity contribution in [2.75, 3.05) is 19.6 Å². The molecule has 146 valence electrons. The van der Waals surface area contributed by atoms with Crippen LogP contribution in [0.15, 0.2) is 48.5 Å². The van der Waals surface area contributed by atoms with Gasteiger partial charge in [0.05, 0.1) is 0 Å². The molecule has 6 nitrogen and oxygen atoms in total. The Bertz CT molecular complexity index is 887. The molecular formula is C21H22FN3O3. The van der Waals surface area contributed by atoms with Gasteiger partial charge in [-0.05, 0) is 23.8 Å². The summed E-state index contributed by atoms with van der Waals surface area (Å²) in [4.78, 5) is 29.2. The number of carbonyl (C=O) groups excluding carboxylic acids is 2. The third-order valence-electron chi connectivity index (χ3n) is 5.39. The van der Waals surface area contributed by atoms with E-state index in [1.54, 1.807) is 47.4 Å². The Kier molecular flexibility index (Phi) is 5.00. The van der Waals surface area contributed by atoms with Crippen LogP contribution in [-0.4, -0.2) is 58.4 Å². The van der Waals surface area contributed by atoms with Crippen molar-refractivity contribution >= 4 is 11.8 Å². The number of piperazine rings is 2. The molecule has 28 heavy (non-hydrogen) atoms. The lowest BCUT2D eigenvalue weighted by Crippen LogP contribution is -2.69. The zero-order chi connectivity index (χ0) is 19.7. The average Bonchev–Trinajstić information content (AvgIpc) is 2.69. The van der Waals surface area contributed by atoms with Crippen LogP contribution in [0.5, 0.6) is 5.75 Å². The van der Waals surface area contributed by atoms with E-state index in [1.165, 1.54) is 6.07 Å². The van der Waals surface area contributed by atoms with Crippen LogP contribution >= 0.6 is 0 Å². The maximum atomic E-state index is 13.9. The molecule has 0 unspecified atom stereocenters. The average molecular weight is 383 g/mol. The SMILES string of the molecule is O=C1N[C@@H](Cc2ccc(O)cc2)C(=O)N2CCN(Cc3ccccc3F)C[C@H]12. The molecule has 4 rings (SSSR count). The number of fused-ring (bicyclic) bond motifs is 1. The quantitative estimate of drug-likeness (QED) is 0.835. The molecule has 2 saturated heterocycles. The number of phenols is 1. The van der Waals surface area contributed by atoms with Gasteiger partial charge in [-0.3, -0.25) is 14.5 Å². The van der Waals surface area contributed by atoms with Crippen LogP contribution in [0.1, 0.15) is 11.1 Å². The number of hydrogen-bond donors (Lipinski definition) is 2. The molecular weight excluding hydrogens is 361 g/mol. The second-order valence-electron chi connectivity index (χ2n) is 7.31. The molecule has 2 heterocycles. The van der Waals surface area contributed by atoms with E-state index in [4.69, 9.17) is 0 Å². The molecule has 0 saturated carbocycles. The van der Waals surface area contributed by atoms with Gasteiger partial charge in [-0.15, -0.1) is 0 Å². The highest BCUT2D eigenvalue weighted by molar-refractivity contribution is 5.97. The van der Waals surface area contributed by atoms with Crippen LogP contribution in [0, 0.1) is 5.82 Å². The van der Waals surface area contributed by atoms with Crippen molar-refractivity contribution in [2.45, 2.75) is 25.0 Å². The standard InChI is InChI=1S/C21H22FN3O3/c22-17-4-2-1-3-15(17)12-24-9-10-25-19(13-24)20(27)23-18(21(25)28)11-14-5-7-16(26)8-6-14/h1-8,18-19,26H,9-13H2,(H,23,27)/t18-,19+/m0/s1. The zero-order valence-electron chi connectivity index (χ0n) is 15.3. The third kappa shape index (κ3) is 3.71. The summed E-state index contributed by atoms with van der Waals surface area (Å²) in [6, 6.07) is 12.1. The summed E-state index contributed by atoms with van der Waals surface area (Å²) in [6.45, 7) is 1.83. The second kappa shape index (κ2) is 7.59. The molecule has 7 heteroatoms. The third-order valence-corrected chi connectivity index (χ3v) is 5.39. The molecule has 0 bridgehead atoms. The van der Waals surface area contributed by atoms with E-state index in [0.29, 0.717) is 38.2 Å². The van der Waals surface area contributed by atoms with E-state index in [1.807, 2.05) is 4.90 Å². The number of hydrogen-bond acceptors (Lipinski definition) is 4. The predicted octanol–water partition coefficient (Wildman–Crippen LogP) is 1.29. The van der Waals surface area contributed by atoms with Gasteiger partial charge in [0.15, 0.2) is 0 Å². The summed E-state index contributed by atoms with van der Waals surface area (Å²) in [5.74, 6) is -0.373. The second-order valence-corrected chi connectivity index (χ2v) is 7.31. The minimum Gasteiger partial charge on any atom is -0.508 e. The van der Waals surface area contributed by atoms with Crippen LogP contribution in [0.4, 0.5) is 4.39 Å². The van der Waals surface area contributed by atoms with Crippen LogP contribution in [-0.2, 0) is 22.6 Å². The van der Waals surface area contributed by atoms with Gasteiger partial charge in [-0.2, -0.15) is 0 Å². The van der Waals surface area contributed by atoms with Gasteiger partial charge in [0.2, 0.25) is 11.8 Å². The summed E-state index contributed by atoms with van der Waals surface area (Å²) in [6.07, 6.45) is 0.382. The lowest BCUT2D eigenvalue weighted by Gasteiger charge is -2.45. The van der Waals surface area contributed by atoms with E-state index in [0.717, 1.165) is 5.56 Å². The maximum Gasteiger partial charge on any atom is 0.246 e. The van der Waals surface area contributed by atoms with Crippen molar-refractivity contribution in [1.29, 1.82) is 0 Å². The van der Waals surface area contributed by atoms with E-state index < -0.39 is 12.1 Å². The fourth-order valence-electron chi connectivity index (χ4n) is 3.87. The smallest absolute Gasteiger partial charge is 0.246 e. The Labute approximate surface area is 162 Å². The van der Waals surface area contributed by atoms with Crippen molar-refractivity contribution in [1.82, 2.24) is 15.1 Å². The Hall–Kier alpha value is -2.93. The van der Waals surface area contributed by atoms with Crippen molar-refractivity contribution in [3.8, 4) is 5.75 Å². The highest BCUT2D eigenvalue weighted by Gasteiger charge is 2.43. The van der Waals surface area contributed by atoms with Gasteiger partial charge in [0, 0.05) is 38.2 Å². The number of amides is 2. The number of nitrogens with one attached hydrogen (secondary N) is 1. The number of benzene rings is 2. The first-order valence-electron chi connectivity index (χ1n) is 9.36. The Morgan fingerprint density at radius 1 is 1.07 bits per heavy atom. The van der Waals surface area contributed by atoms with Gasteiger partial charge in [0.25, 0.3) is 0 Å². The van der Waals surface area contributed by atoms with Crippen LogP contribution in [0.25, 0.3) is 0 Å². The number of aromatic hydroxyl groups is 1. The number of carbonyl (C=O) groups is 2. The van der Waals surface area contributed by atoms with Crippen LogP contribution in [0.2, 0.25) is 0 Å². The van der Waals surface area contributed by atoms with Crippen LogP contribution < -0.4 is 5.32 Å². The Morgan fingerprint density at radius 3 is 2.57 bits per heavy atom. The minimum atomic E-state index is -0.605. The first-order chi connectivity index (χ1) is 13.5. The fraction of sp³-hybridized carbons (Fsp3) is 0.333. The maximum absolute atomic E-state index is 13.9. The van der Waals surface area contributed by atoms with Crippen molar-refractivity contribution in [3.63, 3.8) is 0 Å². The van der Waals surface area contributed by atoms with Gasteiger partial charge >= 0.3 is 0 Å². The summed E-state index contributed by atoms with van der Waals surface area (Å²) < 4.78 is 13.9. The molecule has 2 aromatic rings. The monoisotopic (exact) mass is 383 g/mol. The molecule has 0 radical (unpaired) electrons. The van der Waals surface area contributed by atoms with E-state index in [-0.39, 0.29) is 23.4 Å². The fourth-order valence-corrected chi connectivity index (χ4v) is 3.87. The molecule has 2 aliphatic heterocycles. The lowest BCUT2D eigenvalue weighted by molar-refractivity contribution is -0.153. The first kappa shape index (κ1) is 18.4. The summed E-state index contributed by atoms with van der Waals surface area (Å²) in [5, 5.41) is 12.2. The largest absolute Gasteiger partial charge is 0.508 e. The molecule has 2 N–H and O–H groups in total. The summed E-state index contributed by atoms with van der Waals surface area (Å²) >= 11 is 0. The van der Waals surface area contributed by atoms with E-state index in [9.17, 15) is 19.1 Å². The Balaban J connectivity index is 1.42. The molecule has 0 spiro atoms. The summed E-state index contributed by atoms with van der Waals surface area (Å²) in [5.41, 5.74) is 1.46. The zero-order valence-corrected chi connectivity index (χ0v) is 15.3. The van der Waals surface area contributed by atoms with E-state index >= 15 is 0 Å². The highest BCUT2D eigenvalue weighted by Crippen LogP contribution is 2.21. The van der Waals surface area contributed by atoms with Gasteiger partial charge < -0.3 is 15.3 Å². The molecule has 2 atom stereocenters. The van der Waals surface area contributed by atoms with Gasteiger partial charge in [0.1, 0.15) is 23.7 Å². The normalized spacial score (nSPS) is 22.7. The number of phenolic OH excluding ortho intramolecular Hbond substituents is 1. The first-order valence-corrected chi connectivity index (χ1v) is 9.36. The topological polar surface area (TPSA) is 72.9 Å². The predicted molar refractivity (Wildman–Crippen MR) is 101 cm³/mol. The van der Waals surface area contributed by atoms with Crippen molar-refractivity contribution < 1.29 is 19.1 Å². The van der Waals surface area contributed by atoms with Gasteiger partial charge in [-0.25, -0.2) is 4.39 Å². The molecule has 2 aromatic carbocycles. The molecule has 2 amide bonds. The number of rotatable bonds is 4. The lowest BCUT2D eigenvalue weighted by atomic mass is 9.98. The number of halogens is 1. The number of nitrogens with zero attached hydrogens (tertiary/aromatic N) is 2. The Morgan fingerprint density at radius 2 is 1.82 bits per heavy atom. The van der Waals surface area contributed by atoms with Crippen molar-refractivity contribution in [3.05, 3.63) is 65.5 Å². The van der Waals surface area contributed by atoms with Crippen molar-refractivity contribution in [2.24, 2.45) is 0 Å². The molecule has 0 aliphatic carbocycles. The van der Waals surface area contributed by atoms with Gasteiger partial charge in [-0.1, -0.05) is 30.3 Å². The molecule has 0 aromatic heterocycles. The highest BCUT2D eigenvalue weighted by atomic mass is 19.1. The molecule has 2 aliphatic rings. The van der Waals surface area contributed by atoms with Crippen LogP contribution in [0.3, 0.4) is 0 Å². The van der Waals surface area contributed by atoms with E-state index in [2.05, 4.69) is 5.32 Å². The minimum absolute atomic E-state index is 0.0942. The molecule has 2 fully saturated rings.